The molecule has 0 aromatic heterocycles. The molecule has 0 radical (unpaired) electrons. The predicted molar refractivity (Wildman–Crippen MR) is 144 cm³/mol. The summed E-state index contributed by atoms with van der Waals surface area (Å²) < 4.78 is 16.3. The Labute approximate surface area is 220 Å². The number of ether oxygens (including phenoxy) is 3. The summed E-state index contributed by atoms with van der Waals surface area (Å²) in [4.78, 5) is 37.9. The highest BCUT2D eigenvalue weighted by Crippen LogP contribution is 2.39. The predicted octanol–water partition coefficient (Wildman–Crippen LogP) is 4.84. The van der Waals surface area contributed by atoms with Crippen molar-refractivity contribution < 1.29 is 33.7 Å². The third-order valence-corrected chi connectivity index (χ3v) is 5.16. The first-order valence-corrected chi connectivity index (χ1v) is 11.9. The molecule has 3 rings (SSSR count). The van der Waals surface area contributed by atoms with Gasteiger partial charge in [0, 0.05) is 11.3 Å². The van der Waals surface area contributed by atoms with E-state index in [1.165, 1.54) is 37.4 Å². The maximum absolute atomic E-state index is 13.2. The van der Waals surface area contributed by atoms with Crippen LogP contribution in [0.2, 0.25) is 0 Å². The van der Waals surface area contributed by atoms with E-state index in [-0.39, 0.29) is 46.2 Å². The average molecular weight is 522 g/mol. The van der Waals surface area contributed by atoms with E-state index < -0.39 is 23.5 Å². The zero-order valence-corrected chi connectivity index (χ0v) is 21.8. The number of hydrogen-bond donors (Lipinski definition) is 4. The largest absolute Gasteiger partial charge is 0.504 e. The van der Waals surface area contributed by atoms with Crippen molar-refractivity contribution in [3.05, 3.63) is 71.3 Å². The van der Waals surface area contributed by atoms with Gasteiger partial charge in [-0.25, -0.2) is 4.79 Å². The molecular formula is C28H31N3O7. The molecule has 0 aliphatic heterocycles. The van der Waals surface area contributed by atoms with E-state index in [1.54, 1.807) is 52.0 Å². The van der Waals surface area contributed by atoms with Gasteiger partial charge in [-0.2, -0.15) is 0 Å². The van der Waals surface area contributed by atoms with Crippen molar-refractivity contribution >= 4 is 34.8 Å². The fraction of sp³-hybridized carbons (Fsp3) is 0.250. The molecule has 0 fully saturated rings. The number of carbonyl (C=O) groups excluding carboxylic acids is 3. The standard InChI is InChI=1S/C28H31N3O7/c1-15(2)37-23-14-18(28(35)36-5)8-12-21(23)30-27(34)20-11-13-22(25(24(20)32)38-16(3)4)31-26(33)17-6-9-19(29)10-7-17/h6-16,32H,29H2,1-5H3,(H,30,34)(H,31,33). The zero-order valence-electron chi connectivity index (χ0n) is 21.8. The number of amides is 2. The van der Waals surface area contributed by atoms with Crippen LogP contribution in [-0.2, 0) is 4.74 Å². The number of nitrogens with two attached hydrogens (primary N) is 1. The summed E-state index contributed by atoms with van der Waals surface area (Å²) in [7, 11) is 1.27. The lowest BCUT2D eigenvalue weighted by Gasteiger charge is -2.19. The molecule has 2 amide bonds. The van der Waals surface area contributed by atoms with Gasteiger partial charge in [0.2, 0.25) is 0 Å². The SMILES string of the molecule is COC(=O)c1ccc(NC(=O)c2ccc(NC(=O)c3ccc(N)cc3)c(OC(C)C)c2O)c(OC(C)C)c1. The molecule has 0 spiro atoms. The average Bonchev–Trinajstić information content (AvgIpc) is 2.86. The molecule has 200 valence electrons. The van der Waals surface area contributed by atoms with Crippen LogP contribution in [0, 0.1) is 0 Å². The molecule has 10 nitrogen and oxygen atoms in total. The third kappa shape index (κ3) is 6.73. The molecular weight excluding hydrogens is 490 g/mol. The minimum Gasteiger partial charge on any atom is -0.504 e. The Morgan fingerprint density at radius 3 is 1.97 bits per heavy atom. The number of esters is 1. The van der Waals surface area contributed by atoms with Gasteiger partial charge in [0.15, 0.2) is 11.5 Å². The van der Waals surface area contributed by atoms with Gasteiger partial charge in [0.25, 0.3) is 11.8 Å². The molecule has 3 aromatic carbocycles. The van der Waals surface area contributed by atoms with E-state index in [2.05, 4.69) is 10.6 Å². The van der Waals surface area contributed by atoms with E-state index in [1.807, 2.05) is 0 Å². The first kappa shape index (κ1) is 27.9. The van der Waals surface area contributed by atoms with Crippen molar-refractivity contribution in [1.29, 1.82) is 0 Å². The van der Waals surface area contributed by atoms with Crippen LogP contribution in [0.5, 0.6) is 17.2 Å². The van der Waals surface area contributed by atoms with Crippen molar-refractivity contribution in [1.82, 2.24) is 0 Å². The van der Waals surface area contributed by atoms with Crippen LogP contribution < -0.4 is 25.8 Å². The highest BCUT2D eigenvalue weighted by Gasteiger charge is 2.23. The number of anilines is 3. The first-order chi connectivity index (χ1) is 18.0. The fourth-order valence-electron chi connectivity index (χ4n) is 3.45. The zero-order chi connectivity index (χ0) is 28.0. The van der Waals surface area contributed by atoms with Crippen molar-refractivity contribution in [2.45, 2.75) is 39.9 Å². The highest BCUT2D eigenvalue weighted by molar-refractivity contribution is 6.10. The van der Waals surface area contributed by atoms with Crippen LogP contribution in [0.3, 0.4) is 0 Å². The van der Waals surface area contributed by atoms with Gasteiger partial charge in [-0.05, 0) is 82.3 Å². The number of rotatable bonds is 9. The lowest BCUT2D eigenvalue weighted by molar-refractivity contribution is 0.0599. The molecule has 5 N–H and O–H groups in total. The molecule has 3 aromatic rings. The number of nitrogen functional groups attached to an aromatic ring is 1. The first-order valence-electron chi connectivity index (χ1n) is 11.9. The quantitative estimate of drug-likeness (QED) is 0.231. The number of aromatic hydroxyl groups is 1. The molecule has 0 aliphatic carbocycles. The van der Waals surface area contributed by atoms with Crippen LogP contribution in [-0.4, -0.2) is 42.2 Å². The summed E-state index contributed by atoms with van der Waals surface area (Å²) >= 11 is 0. The summed E-state index contributed by atoms with van der Waals surface area (Å²) in [6.07, 6.45) is -0.620. The Morgan fingerprint density at radius 2 is 1.37 bits per heavy atom. The van der Waals surface area contributed by atoms with Gasteiger partial charge in [-0.1, -0.05) is 0 Å². The second-order valence-electron chi connectivity index (χ2n) is 8.90. The number of carbonyl (C=O) groups is 3. The second-order valence-corrected chi connectivity index (χ2v) is 8.90. The van der Waals surface area contributed by atoms with Gasteiger partial charge in [0.1, 0.15) is 5.75 Å². The number of benzene rings is 3. The Bertz CT molecular complexity index is 1340. The maximum atomic E-state index is 13.2. The molecule has 38 heavy (non-hydrogen) atoms. The number of phenols is 1. The molecule has 0 heterocycles. The number of nitrogens with one attached hydrogen (secondary N) is 2. The van der Waals surface area contributed by atoms with Crippen LogP contribution in [0.15, 0.2) is 54.6 Å². The van der Waals surface area contributed by atoms with Crippen LogP contribution in [0.1, 0.15) is 58.8 Å². The van der Waals surface area contributed by atoms with Crippen molar-refractivity contribution in [2.24, 2.45) is 0 Å². The lowest BCUT2D eigenvalue weighted by atomic mass is 10.1. The fourth-order valence-corrected chi connectivity index (χ4v) is 3.45. The third-order valence-electron chi connectivity index (χ3n) is 5.16. The number of phenolic OH excluding ortho intramolecular Hbond substituents is 1. The van der Waals surface area contributed by atoms with E-state index in [0.717, 1.165) is 0 Å². The summed E-state index contributed by atoms with van der Waals surface area (Å²) in [5.41, 5.74) is 7.16. The molecule has 0 bridgehead atoms. The normalized spacial score (nSPS) is 10.7. The Hall–Kier alpha value is -4.73. The van der Waals surface area contributed by atoms with Crippen molar-refractivity contribution in [3.8, 4) is 17.2 Å². The van der Waals surface area contributed by atoms with Gasteiger partial charge in [-0.15, -0.1) is 0 Å². The minimum absolute atomic E-state index is 0.0591. The summed E-state index contributed by atoms with van der Waals surface area (Å²) in [5.74, 6) is -1.92. The summed E-state index contributed by atoms with van der Waals surface area (Å²) in [6.45, 7) is 7.09. The Morgan fingerprint density at radius 1 is 0.789 bits per heavy atom. The summed E-state index contributed by atoms with van der Waals surface area (Å²) in [6, 6.07) is 13.6. The maximum Gasteiger partial charge on any atom is 0.337 e. The molecule has 0 saturated heterocycles. The van der Waals surface area contributed by atoms with Crippen LogP contribution in [0.4, 0.5) is 17.1 Å². The monoisotopic (exact) mass is 521 g/mol. The van der Waals surface area contributed by atoms with Gasteiger partial charge in [0.05, 0.1) is 41.8 Å². The van der Waals surface area contributed by atoms with Crippen LogP contribution in [0.25, 0.3) is 0 Å². The molecule has 0 atom stereocenters. The Balaban J connectivity index is 1.93. The number of methoxy groups -OCH3 is 1. The molecule has 0 aliphatic rings. The van der Waals surface area contributed by atoms with Gasteiger partial charge >= 0.3 is 5.97 Å². The van der Waals surface area contributed by atoms with E-state index >= 15 is 0 Å². The van der Waals surface area contributed by atoms with Gasteiger partial charge in [-0.3, -0.25) is 9.59 Å². The summed E-state index contributed by atoms with van der Waals surface area (Å²) in [5, 5.41) is 16.4. The van der Waals surface area contributed by atoms with Crippen LogP contribution >= 0.6 is 0 Å². The highest BCUT2D eigenvalue weighted by atomic mass is 16.5. The van der Waals surface area contributed by atoms with E-state index in [9.17, 15) is 19.5 Å². The Kier molecular flexibility index (Phi) is 8.80. The van der Waals surface area contributed by atoms with Gasteiger partial charge < -0.3 is 35.7 Å². The van der Waals surface area contributed by atoms with Crippen molar-refractivity contribution in [3.63, 3.8) is 0 Å². The lowest BCUT2D eigenvalue weighted by Crippen LogP contribution is -2.18. The second kappa shape index (κ2) is 12.0. The minimum atomic E-state index is -0.660. The molecule has 0 unspecified atom stereocenters. The smallest absolute Gasteiger partial charge is 0.337 e. The van der Waals surface area contributed by atoms with E-state index in [0.29, 0.717) is 11.3 Å². The number of hydrogen-bond acceptors (Lipinski definition) is 8. The molecule has 10 heteroatoms. The van der Waals surface area contributed by atoms with Crippen molar-refractivity contribution in [2.75, 3.05) is 23.5 Å². The topological polar surface area (TPSA) is 149 Å². The molecule has 0 saturated carbocycles. The van der Waals surface area contributed by atoms with E-state index in [4.69, 9.17) is 19.9 Å².